The van der Waals surface area contributed by atoms with E-state index >= 15 is 0 Å². The van der Waals surface area contributed by atoms with Crippen molar-refractivity contribution in [3.05, 3.63) is 11.4 Å². The summed E-state index contributed by atoms with van der Waals surface area (Å²) in [6.07, 6.45) is 2.24. The lowest BCUT2D eigenvalue weighted by atomic mass is 9.85. The molecule has 0 saturated heterocycles. The molecular formula is C15H25NO4. The summed E-state index contributed by atoms with van der Waals surface area (Å²) < 4.78 is 5.18. The lowest BCUT2D eigenvalue weighted by Gasteiger charge is -2.21. The van der Waals surface area contributed by atoms with Gasteiger partial charge in [-0.25, -0.2) is 6.57 Å². The minimum absolute atomic E-state index is 0.208. The Morgan fingerprint density at radius 2 is 2.00 bits per heavy atom. The molecule has 0 aliphatic heterocycles. The monoisotopic (exact) mass is 283 g/mol. The van der Waals surface area contributed by atoms with E-state index < -0.39 is 23.3 Å². The van der Waals surface area contributed by atoms with Gasteiger partial charge in [0.15, 0.2) is 0 Å². The van der Waals surface area contributed by atoms with Crippen LogP contribution >= 0.6 is 0 Å². The molecule has 0 aromatic carbocycles. The highest BCUT2D eigenvalue weighted by Crippen LogP contribution is 2.27. The summed E-state index contributed by atoms with van der Waals surface area (Å²) in [6, 6.07) is 0. The number of carbonyl (C=O) groups excluding carboxylic acids is 1. The topological polar surface area (TPSA) is 68.0 Å². The lowest BCUT2D eigenvalue weighted by molar-refractivity contribution is -0.151. The molecule has 114 valence electrons. The zero-order chi connectivity index (χ0) is 15.8. The van der Waals surface area contributed by atoms with Crippen LogP contribution in [0.25, 0.3) is 4.85 Å². The first-order valence-electron chi connectivity index (χ1n) is 7.01. The quantitative estimate of drug-likeness (QED) is 0.401. The van der Waals surface area contributed by atoms with E-state index in [0.29, 0.717) is 13.0 Å². The Kier molecular flexibility index (Phi) is 7.90. The van der Waals surface area contributed by atoms with Gasteiger partial charge in [0.05, 0.1) is 18.4 Å². The van der Waals surface area contributed by atoms with Crippen LogP contribution in [0.4, 0.5) is 0 Å². The van der Waals surface area contributed by atoms with Crippen molar-refractivity contribution in [3.8, 4) is 0 Å². The summed E-state index contributed by atoms with van der Waals surface area (Å²) >= 11 is 0. The van der Waals surface area contributed by atoms with Gasteiger partial charge in [0, 0.05) is 20.3 Å². The first-order chi connectivity index (χ1) is 9.23. The number of carbonyl (C=O) groups is 2. The molecule has 2 unspecified atom stereocenters. The van der Waals surface area contributed by atoms with Gasteiger partial charge in [0.1, 0.15) is 0 Å². The maximum absolute atomic E-state index is 12.1. The van der Waals surface area contributed by atoms with Gasteiger partial charge in [0.2, 0.25) is 5.54 Å². The van der Waals surface area contributed by atoms with Crippen molar-refractivity contribution in [2.45, 2.75) is 58.9 Å². The van der Waals surface area contributed by atoms with E-state index in [1.807, 2.05) is 6.92 Å². The molecule has 0 spiro atoms. The van der Waals surface area contributed by atoms with E-state index in [2.05, 4.69) is 4.85 Å². The van der Waals surface area contributed by atoms with Crippen LogP contribution in [0.15, 0.2) is 0 Å². The number of rotatable bonds is 9. The Morgan fingerprint density at radius 3 is 2.45 bits per heavy atom. The second kappa shape index (κ2) is 8.57. The normalized spacial score (nSPS) is 14.2. The fourth-order valence-corrected chi connectivity index (χ4v) is 1.87. The van der Waals surface area contributed by atoms with E-state index in [1.54, 1.807) is 20.8 Å². The maximum atomic E-state index is 12.1. The summed E-state index contributed by atoms with van der Waals surface area (Å²) in [5.74, 6) is -2.48. The van der Waals surface area contributed by atoms with Crippen molar-refractivity contribution in [2.75, 3.05) is 6.61 Å². The molecule has 2 atom stereocenters. The fourth-order valence-electron chi connectivity index (χ4n) is 1.87. The molecule has 0 saturated carbocycles. The first-order valence-corrected chi connectivity index (χ1v) is 7.01. The number of nitrogens with zero attached hydrogens (tertiary/aromatic N) is 1. The number of aliphatic carboxylic acids is 1. The summed E-state index contributed by atoms with van der Waals surface area (Å²) in [6.45, 7) is 14.5. The number of esters is 1. The third-order valence-electron chi connectivity index (χ3n) is 3.18. The standard InChI is InChI=1S/C15H25NO4/c1-6-7-8-20-14(19)12(9-11(2)13(17)18)10-15(3,4)16-5/h11-12H,6-10H2,1-4H3,(H,17,18). The lowest BCUT2D eigenvalue weighted by Crippen LogP contribution is -2.29. The fraction of sp³-hybridized carbons (Fsp3) is 0.800. The van der Waals surface area contributed by atoms with Gasteiger partial charge >= 0.3 is 11.9 Å². The predicted molar refractivity (Wildman–Crippen MR) is 76.1 cm³/mol. The molecule has 0 aromatic heterocycles. The first kappa shape index (κ1) is 18.4. The van der Waals surface area contributed by atoms with Crippen molar-refractivity contribution in [2.24, 2.45) is 11.8 Å². The summed E-state index contributed by atoms with van der Waals surface area (Å²) in [5.41, 5.74) is -0.688. The van der Waals surface area contributed by atoms with Crippen molar-refractivity contribution in [3.63, 3.8) is 0 Å². The van der Waals surface area contributed by atoms with Crippen LogP contribution in [0.5, 0.6) is 0 Å². The summed E-state index contributed by atoms with van der Waals surface area (Å²) in [4.78, 5) is 26.5. The van der Waals surface area contributed by atoms with E-state index in [4.69, 9.17) is 16.4 Å². The van der Waals surface area contributed by atoms with Crippen molar-refractivity contribution < 1.29 is 19.4 Å². The molecule has 0 aliphatic carbocycles. The second-order valence-electron chi connectivity index (χ2n) is 5.82. The van der Waals surface area contributed by atoms with Crippen molar-refractivity contribution in [1.82, 2.24) is 0 Å². The van der Waals surface area contributed by atoms with Gasteiger partial charge in [0.25, 0.3) is 0 Å². The number of carboxylic acid groups (broad SMARTS) is 1. The van der Waals surface area contributed by atoms with Crippen LogP contribution in [0.2, 0.25) is 0 Å². The Morgan fingerprint density at radius 1 is 1.40 bits per heavy atom. The summed E-state index contributed by atoms with van der Waals surface area (Å²) in [7, 11) is 0. The zero-order valence-electron chi connectivity index (χ0n) is 12.8. The number of hydrogen-bond donors (Lipinski definition) is 1. The Balaban J connectivity index is 4.74. The number of unbranched alkanes of at least 4 members (excludes halogenated alkanes) is 1. The minimum Gasteiger partial charge on any atom is -0.481 e. The van der Waals surface area contributed by atoms with Gasteiger partial charge in [-0.15, -0.1) is 0 Å². The van der Waals surface area contributed by atoms with Gasteiger partial charge in [-0.05, 0) is 12.8 Å². The highest BCUT2D eigenvalue weighted by Gasteiger charge is 2.35. The number of carboxylic acids is 1. The summed E-state index contributed by atoms with van der Waals surface area (Å²) in [5, 5.41) is 8.97. The Labute approximate surface area is 121 Å². The molecule has 0 bridgehead atoms. The van der Waals surface area contributed by atoms with E-state index in [9.17, 15) is 9.59 Å². The van der Waals surface area contributed by atoms with Gasteiger partial charge < -0.3 is 14.7 Å². The molecule has 5 nitrogen and oxygen atoms in total. The van der Waals surface area contributed by atoms with Crippen molar-refractivity contribution in [1.29, 1.82) is 0 Å². The van der Waals surface area contributed by atoms with Gasteiger partial charge in [-0.1, -0.05) is 20.3 Å². The zero-order valence-corrected chi connectivity index (χ0v) is 12.8. The molecule has 0 fully saturated rings. The SMILES string of the molecule is [C-]#[N+]C(C)(C)CC(CC(C)C(=O)O)C(=O)OCCCC. The molecule has 0 radical (unpaired) electrons. The average Bonchev–Trinajstić information content (AvgIpc) is 2.37. The van der Waals surface area contributed by atoms with Crippen LogP contribution in [0.3, 0.4) is 0 Å². The van der Waals surface area contributed by atoms with E-state index in [-0.39, 0.29) is 12.4 Å². The smallest absolute Gasteiger partial charge is 0.309 e. The molecule has 0 heterocycles. The van der Waals surface area contributed by atoms with Gasteiger partial charge in [-0.3, -0.25) is 9.59 Å². The third kappa shape index (κ3) is 7.13. The molecule has 0 aromatic rings. The Hall–Kier alpha value is -1.57. The largest absolute Gasteiger partial charge is 0.481 e. The molecule has 5 heteroatoms. The number of hydrogen-bond acceptors (Lipinski definition) is 3. The Bertz CT molecular complexity index is 371. The van der Waals surface area contributed by atoms with Gasteiger partial charge in [-0.2, -0.15) is 0 Å². The highest BCUT2D eigenvalue weighted by atomic mass is 16.5. The maximum Gasteiger partial charge on any atom is 0.309 e. The van der Waals surface area contributed by atoms with Crippen LogP contribution < -0.4 is 0 Å². The van der Waals surface area contributed by atoms with Crippen molar-refractivity contribution >= 4 is 11.9 Å². The van der Waals surface area contributed by atoms with Crippen LogP contribution in [0, 0.1) is 18.4 Å². The van der Waals surface area contributed by atoms with Crippen LogP contribution in [-0.2, 0) is 14.3 Å². The van der Waals surface area contributed by atoms with Crippen LogP contribution in [0.1, 0.15) is 53.4 Å². The molecule has 0 aliphatic rings. The van der Waals surface area contributed by atoms with E-state index in [1.165, 1.54) is 0 Å². The molecular weight excluding hydrogens is 258 g/mol. The van der Waals surface area contributed by atoms with E-state index in [0.717, 1.165) is 12.8 Å². The molecule has 1 N–H and O–H groups in total. The third-order valence-corrected chi connectivity index (χ3v) is 3.18. The molecule has 0 rings (SSSR count). The highest BCUT2D eigenvalue weighted by molar-refractivity contribution is 5.75. The average molecular weight is 283 g/mol. The predicted octanol–water partition coefficient (Wildman–Crippen LogP) is 3.14. The second-order valence-corrected chi connectivity index (χ2v) is 5.82. The molecule has 20 heavy (non-hydrogen) atoms. The van der Waals surface area contributed by atoms with Crippen LogP contribution in [-0.4, -0.2) is 29.2 Å². The molecule has 0 amide bonds. The number of ether oxygens (including phenoxy) is 1. The minimum atomic E-state index is -0.933.